The van der Waals surface area contributed by atoms with Crippen molar-refractivity contribution in [2.75, 3.05) is 18.4 Å². The van der Waals surface area contributed by atoms with Crippen LogP contribution in [-0.2, 0) is 6.42 Å². The number of para-hydroxylation sites is 1. The highest BCUT2D eigenvalue weighted by atomic mass is 15.2. The summed E-state index contributed by atoms with van der Waals surface area (Å²) in [5.41, 5.74) is 2.84. The van der Waals surface area contributed by atoms with E-state index in [2.05, 4.69) is 41.4 Å². The molecule has 0 saturated carbocycles. The van der Waals surface area contributed by atoms with Crippen LogP contribution >= 0.6 is 0 Å². The van der Waals surface area contributed by atoms with Gasteiger partial charge in [0.15, 0.2) is 0 Å². The van der Waals surface area contributed by atoms with E-state index in [0.717, 1.165) is 6.04 Å². The van der Waals surface area contributed by atoms with E-state index in [1.54, 1.807) is 0 Å². The number of hydrogen-bond donors (Lipinski definition) is 1. The maximum absolute atomic E-state index is 3.68. The minimum Gasteiger partial charge on any atom is -0.380 e. The fourth-order valence-corrected chi connectivity index (χ4v) is 3.37. The van der Waals surface area contributed by atoms with Gasteiger partial charge in [-0.2, -0.15) is 0 Å². The van der Waals surface area contributed by atoms with Gasteiger partial charge in [0, 0.05) is 24.3 Å². The van der Waals surface area contributed by atoms with Crippen molar-refractivity contribution in [3.63, 3.8) is 0 Å². The number of benzene rings is 1. The van der Waals surface area contributed by atoms with E-state index in [0.29, 0.717) is 6.04 Å². The molecule has 0 bridgehead atoms. The Morgan fingerprint density at radius 1 is 1.22 bits per heavy atom. The third-order valence-electron chi connectivity index (χ3n) is 4.49. The zero-order valence-corrected chi connectivity index (χ0v) is 11.4. The van der Waals surface area contributed by atoms with Gasteiger partial charge in [-0.05, 0) is 44.4 Å². The normalized spacial score (nSPS) is 28.5. The summed E-state index contributed by atoms with van der Waals surface area (Å²) < 4.78 is 0. The fourth-order valence-electron chi connectivity index (χ4n) is 3.37. The molecule has 0 aliphatic carbocycles. The number of hydrogen-bond acceptors (Lipinski definition) is 2. The van der Waals surface area contributed by atoms with Gasteiger partial charge in [-0.3, -0.25) is 4.90 Å². The molecular formula is C16H24N2. The Balaban J connectivity index is 1.61. The third kappa shape index (κ3) is 2.54. The summed E-state index contributed by atoms with van der Waals surface area (Å²) in [6, 6.07) is 10.1. The van der Waals surface area contributed by atoms with Crippen molar-refractivity contribution >= 4 is 5.69 Å². The van der Waals surface area contributed by atoms with Gasteiger partial charge in [0.2, 0.25) is 0 Å². The summed E-state index contributed by atoms with van der Waals surface area (Å²) in [4.78, 5) is 2.69. The summed E-state index contributed by atoms with van der Waals surface area (Å²) >= 11 is 0. The molecule has 1 N–H and O–H groups in total. The fraction of sp³-hybridized carbons (Fsp3) is 0.625. The molecule has 0 radical (unpaired) electrons. The number of rotatable bonds is 2. The van der Waals surface area contributed by atoms with Gasteiger partial charge in [-0.25, -0.2) is 0 Å². The zero-order chi connectivity index (χ0) is 12.4. The van der Waals surface area contributed by atoms with Crippen LogP contribution in [0, 0.1) is 0 Å². The molecule has 2 heteroatoms. The smallest absolute Gasteiger partial charge is 0.0429 e. The molecule has 98 valence electrons. The lowest BCUT2D eigenvalue weighted by molar-refractivity contribution is 0.206. The number of likely N-dealkylation sites (tertiary alicyclic amines) is 1. The van der Waals surface area contributed by atoms with E-state index >= 15 is 0 Å². The number of fused-ring (bicyclic) bond motifs is 1. The number of nitrogens with one attached hydrogen (secondary N) is 1. The summed E-state index contributed by atoms with van der Waals surface area (Å²) in [5, 5.41) is 3.68. The predicted octanol–water partition coefficient (Wildman–Crippen LogP) is 3.29. The number of anilines is 1. The molecule has 0 spiro atoms. The zero-order valence-electron chi connectivity index (χ0n) is 11.4. The van der Waals surface area contributed by atoms with Crippen molar-refractivity contribution in [2.45, 2.75) is 51.1 Å². The molecular weight excluding hydrogens is 220 g/mol. The van der Waals surface area contributed by atoms with Crippen molar-refractivity contribution < 1.29 is 0 Å². The van der Waals surface area contributed by atoms with Gasteiger partial charge < -0.3 is 5.32 Å². The van der Waals surface area contributed by atoms with Crippen molar-refractivity contribution in [2.24, 2.45) is 0 Å². The molecule has 18 heavy (non-hydrogen) atoms. The van der Waals surface area contributed by atoms with Gasteiger partial charge >= 0.3 is 0 Å². The molecule has 2 aliphatic rings. The topological polar surface area (TPSA) is 15.3 Å². The molecule has 1 unspecified atom stereocenters. The lowest BCUT2D eigenvalue weighted by Crippen LogP contribution is -2.40. The van der Waals surface area contributed by atoms with Gasteiger partial charge in [0.25, 0.3) is 0 Å². The molecule has 1 aromatic rings. The average molecular weight is 244 g/mol. The Bertz CT molecular complexity index is 377. The van der Waals surface area contributed by atoms with Crippen LogP contribution in [0.4, 0.5) is 5.69 Å². The highest BCUT2D eigenvalue weighted by molar-refractivity contribution is 5.56. The monoisotopic (exact) mass is 244 g/mol. The number of nitrogens with zero attached hydrogens (tertiary/aromatic N) is 1. The summed E-state index contributed by atoms with van der Waals surface area (Å²) in [7, 11) is 0. The lowest BCUT2D eigenvalue weighted by Gasteiger charge is -2.29. The lowest BCUT2D eigenvalue weighted by atomic mass is 10.1. The van der Waals surface area contributed by atoms with Crippen LogP contribution in [0.15, 0.2) is 24.3 Å². The van der Waals surface area contributed by atoms with E-state index in [9.17, 15) is 0 Å². The van der Waals surface area contributed by atoms with Crippen molar-refractivity contribution in [3.8, 4) is 0 Å². The quantitative estimate of drug-likeness (QED) is 0.859. The van der Waals surface area contributed by atoms with Crippen molar-refractivity contribution in [1.82, 2.24) is 4.90 Å². The first-order chi connectivity index (χ1) is 8.83. The van der Waals surface area contributed by atoms with E-state index in [1.807, 2.05) is 0 Å². The van der Waals surface area contributed by atoms with Crippen molar-refractivity contribution in [1.29, 1.82) is 0 Å². The highest BCUT2D eigenvalue weighted by Gasteiger charge is 2.25. The van der Waals surface area contributed by atoms with Gasteiger partial charge in [-0.15, -0.1) is 0 Å². The first kappa shape index (κ1) is 12.0. The van der Waals surface area contributed by atoms with Crippen LogP contribution in [-0.4, -0.2) is 30.1 Å². The van der Waals surface area contributed by atoms with Crippen LogP contribution in [0.1, 0.15) is 38.2 Å². The van der Waals surface area contributed by atoms with Crippen LogP contribution in [0.5, 0.6) is 0 Å². The van der Waals surface area contributed by atoms with E-state index < -0.39 is 0 Å². The largest absolute Gasteiger partial charge is 0.380 e. The summed E-state index contributed by atoms with van der Waals surface area (Å²) in [5.74, 6) is 0. The Hall–Kier alpha value is -1.02. The molecule has 3 rings (SSSR count). The standard InChI is InChI=1S/C16H24N2/c1-13-7-3-2-6-10-18(13)12-15-11-14-8-4-5-9-16(14)17-15/h4-5,8-9,13,15,17H,2-3,6-7,10-12H2,1H3/t13?,15-/m0/s1. The summed E-state index contributed by atoms with van der Waals surface area (Å²) in [6.07, 6.45) is 6.78. The van der Waals surface area contributed by atoms with Crippen LogP contribution < -0.4 is 5.32 Å². The first-order valence-electron chi connectivity index (χ1n) is 7.41. The second kappa shape index (κ2) is 5.31. The molecule has 0 aromatic heterocycles. The van der Waals surface area contributed by atoms with Crippen LogP contribution in [0.2, 0.25) is 0 Å². The van der Waals surface area contributed by atoms with E-state index in [-0.39, 0.29) is 0 Å². The second-order valence-electron chi connectivity index (χ2n) is 5.90. The Morgan fingerprint density at radius 2 is 2.11 bits per heavy atom. The maximum atomic E-state index is 3.68. The van der Waals surface area contributed by atoms with Gasteiger partial charge in [-0.1, -0.05) is 31.0 Å². The molecule has 2 atom stereocenters. The van der Waals surface area contributed by atoms with Crippen LogP contribution in [0.25, 0.3) is 0 Å². The predicted molar refractivity (Wildman–Crippen MR) is 77.1 cm³/mol. The van der Waals surface area contributed by atoms with Gasteiger partial charge in [0.05, 0.1) is 0 Å². The first-order valence-corrected chi connectivity index (χ1v) is 7.41. The third-order valence-corrected chi connectivity index (χ3v) is 4.49. The Labute approximate surface area is 110 Å². The molecule has 1 aromatic carbocycles. The molecule has 2 nitrogen and oxygen atoms in total. The average Bonchev–Trinajstić information content (AvgIpc) is 2.68. The van der Waals surface area contributed by atoms with E-state index in [4.69, 9.17) is 0 Å². The second-order valence-corrected chi connectivity index (χ2v) is 5.90. The van der Waals surface area contributed by atoms with Crippen LogP contribution in [0.3, 0.4) is 0 Å². The molecule has 2 heterocycles. The summed E-state index contributed by atoms with van der Waals surface area (Å²) in [6.45, 7) is 4.89. The molecule has 2 aliphatic heterocycles. The minimum absolute atomic E-state index is 0.614. The highest BCUT2D eigenvalue weighted by Crippen LogP contribution is 2.26. The van der Waals surface area contributed by atoms with Crippen molar-refractivity contribution in [3.05, 3.63) is 29.8 Å². The Kier molecular flexibility index (Phi) is 3.55. The SMILES string of the molecule is CC1CCCCCN1C[C@@H]1Cc2ccccc2N1. The molecule has 1 fully saturated rings. The molecule has 0 amide bonds. The maximum Gasteiger partial charge on any atom is 0.0429 e. The van der Waals surface area contributed by atoms with E-state index in [1.165, 1.54) is 56.4 Å². The van der Waals surface area contributed by atoms with Gasteiger partial charge in [0.1, 0.15) is 0 Å². The molecule has 1 saturated heterocycles. The minimum atomic E-state index is 0.614. The Morgan fingerprint density at radius 3 is 3.00 bits per heavy atom.